The Kier molecular flexibility index (Phi) is 5.55. The standard InChI is InChI=1S/C14H25N3O4/c1-10(2)16-5-6-21-11(8-16)9-17-4-3-15-14(20)12(17)7-13(18)19/h10-12H,3-9H2,1-2H3,(H,15,20)(H,18,19). The molecule has 0 radical (unpaired) electrons. The number of rotatable bonds is 5. The average molecular weight is 299 g/mol. The zero-order chi connectivity index (χ0) is 15.4. The molecular weight excluding hydrogens is 274 g/mol. The maximum absolute atomic E-state index is 11.9. The van der Waals surface area contributed by atoms with Crippen molar-refractivity contribution in [3.63, 3.8) is 0 Å². The predicted octanol–water partition coefficient (Wildman–Crippen LogP) is -0.629. The van der Waals surface area contributed by atoms with Crippen molar-refractivity contribution in [3.8, 4) is 0 Å². The number of hydrogen-bond donors (Lipinski definition) is 2. The molecule has 2 heterocycles. The highest BCUT2D eigenvalue weighted by Crippen LogP contribution is 2.14. The van der Waals surface area contributed by atoms with Crippen LogP contribution in [0.4, 0.5) is 0 Å². The van der Waals surface area contributed by atoms with E-state index in [1.165, 1.54) is 0 Å². The van der Waals surface area contributed by atoms with Crippen molar-refractivity contribution in [2.24, 2.45) is 0 Å². The Morgan fingerprint density at radius 3 is 2.90 bits per heavy atom. The van der Waals surface area contributed by atoms with Gasteiger partial charge in [-0.25, -0.2) is 0 Å². The molecule has 2 atom stereocenters. The van der Waals surface area contributed by atoms with E-state index in [2.05, 4.69) is 24.1 Å². The van der Waals surface area contributed by atoms with Gasteiger partial charge in [-0.2, -0.15) is 0 Å². The molecule has 0 bridgehead atoms. The van der Waals surface area contributed by atoms with E-state index in [-0.39, 0.29) is 18.4 Å². The first kappa shape index (κ1) is 16.2. The Morgan fingerprint density at radius 1 is 1.48 bits per heavy atom. The Balaban J connectivity index is 1.95. The van der Waals surface area contributed by atoms with Gasteiger partial charge in [-0.3, -0.25) is 19.4 Å². The van der Waals surface area contributed by atoms with Crippen molar-refractivity contribution in [1.82, 2.24) is 15.1 Å². The van der Waals surface area contributed by atoms with E-state index in [9.17, 15) is 9.59 Å². The summed E-state index contributed by atoms with van der Waals surface area (Å²) >= 11 is 0. The first-order chi connectivity index (χ1) is 9.97. The Morgan fingerprint density at radius 2 is 2.24 bits per heavy atom. The molecule has 0 aliphatic carbocycles. The molecule has 2 rings (SSSR count). The summed E-state index contributed by atoms with van der Waals surface area (Å²) in [6, 6.07) is -0.120. The van der Waals surface area contributed by atoms with E-state index in [0.717, 1.165) is 13.1 Å². The van der Waals surface area contributed by atoms with Crippen LogP contribution in [0.3, 0.4) is 0 Å². The van der Waals surface area contributed by atoms with Gasteiger partial charge in [0.05, 0.1) is 25.2 Å². The zero-order valence-electron chi connectivity index (χ0n) is 12.7. The van der Waals surface area contributed by atoms with Gasteiger partial charge < -0.3 is 15.2 Å². The Bertz CT molecular complexity index is 388. The predicted molar refractivity (Wildman–Crippen MR) is 77.1 cm³/mol. The quantitative estimate of drug-likeness (QED) is 0.703. The first-order valence-electron chi connectivity index (χ1n) is 7.56. The minimum Gasteiger partial charge on any atom is -0.481 e. The fourth-order valence-corrected chi connectivity index (χ4v) is 2.95. The van der Waals surface area contributed by atoms with Gasteiger partial charge >= 0.3 is 5.97 Å². The fraction of sp³-hybridized carbons (Fsp3) is 0.857. The number of amides is 1. The summed E-state index contributed by atoms with van der Waals surface area (Å²) < 4.78 is 5.79. The minimum absolute atomic E-state index is 0.0309. The van der Waals surface area contributed by atoms with Crippen LogP contribution in [0.5, 0.6) is 0 Å². The number of nitrogens with one attached hydrogen (secondary N) is 1. The lowest BCUT2D eigenvalue weighted by atomic mass is 10.1. The number of hydrogen-bond acceptors (Lipinski definition) is 5. The molecule has 2 saturated heterocycles. The number of ether oxygens (including phenoxy) is 1. The SMILES string of the molecule is CC(C)N1CCOC(CN2CCNC(=O)C2CC(=O)O)C1. The van der Waals surface area contributed by atoms with Gasteiger partial charge in [0.2, 0.25) is 5.91 Å². The number of nitrogens with zero attached hydrogens (tertiary/aromatic N) is 2. The molecule has 2 fully saturated rings. The van der Waals surface area contributed by atoms with E-state index in [1.54, 1.807) is 0 Å². The zero-order valence-corrected chi connectivity index (χ0v) is 12.7. The van der Waals surface area contributed by atoms with Gasteiger partial charge in [0.25, 0.3) is 0 Å². The summed E-state index contributed by atoms with van der Waals surface area (Å²) in [5, 5.41) is 11.7. The Hall–Kier alpha value is -1.18. The molecule has 0 saturated carbocycles. The monoisotopic (exact) mass is 299 g/mol. The molecule has 7 heteroatoms. The molecule has 120 valence electrons. The third kappa shape index (κ3) is 4.39. The maximum atomic E-state index is 11.9. The van der Waals surface area contributed by atoms with Gasteiger partial charge in [0, 0.05) is 38.8 Å². The molecule has 1 amide bonds. The normalized spacial score (nSPS) is 28.6. The lowest BCUT2D eigenvalue weighted by Crippen LogP contribution is -2.59. The topological polar surface area (TPSA) is 82.1 Å². The highest BCUT2D eigenvalue weighted by atomic mass is 16.5. The van der Waals surface area contributed by atoms with E-state index < -0.39 is 12.0 Å². The number of carbonyl (C=O) groups excluding carboxylic acids is 1. The van der Waals surface area contributed by atoms with E-state index in [4.69, 9.17) is 9.84 Å². The van der Waals surface area contributed by atoms with Crippen molar-refractivity contribution < 1.29 is 19.4 Å². The van der Waals surface area contributed by atoms with Crippen molar-refractivity contribution in [1.29, 1.82) is 0 Å². The van der Waals surface area contributed by atoms with Crippen LogP contribution in [-0.2, 0) is 14.3 Å². The highest BCUT2D eigenvalue weighted by molar-refractivity contribution is 5.86. The first-order valence-corrected chi connectivity index (χ1v) is 7.56. The summed E-state index contributed by atoms with van der Waals surface area (Å²) in [7, 11) is 0. The van der Waals surface area contributed by atoms with Crippen LogP contribution in [0.25, 0.3) is 0 Å². The van der Waals surface area contributed by atoms with Crippen LogP contribution in [0.2, 0.25) is 0 Å². The lowest BCUT2D eigenvalue weighted by molar-refractivity contribution is -0.144. The third-order valence-corrected chi connectivity index (χ3v) is 4.15. The van der Waals surface area contributed by atoms with Crippen molar-refractivity contribution in [2.75, 3.05) is 39.3 Å². The van der Waals surface area contributed by atoms with Crippen molar-refractivity contribution in [3.05, 3.63) is 0 Å². The van der Waals surface area contributed by atoms with Gasteiger partial charge in [-0.15, -0.1) is 0 Å². The molecule has 0 aromatic carbocycles. The summed E-state index contributed by atoms with van der Waals surface area (Å²) in [5.74, 6) is -1.14. The molecule has 2 aliphatic rings. The number of carboxylic acid groups (broad SMARTS) is 1. The molecule has 2 unspecified atom stereocenters. The number of piperazine rings is 1. The van der Waals surface area contributed by atoms with Crippen molar-refractivity contribution >= 4 is 11.9 Å². The molecule has 0 aromatic heterocycles. The number of aliphatic carboxylic acids is 1. The number of morpholine rings is 1. The van der Waals surface area contributed by atoms with E-state index in [1.807, 2.05) is 4.90 Å². The molecule has 2 aliphatic heterocycles. The van der Waals surface area contributed by atoms with Crippen LogP contribution >= 0.6 is 0 Å². The third-order valence-electron chi connectivity index (χ3n) is 4.15. The van der Waals surface area contributed by atoms with Gasteiger partial charge in [-0.05, 0) is 13.8 Å². The molecular formula is C14H25N3O4. The average Bonchev–Trinajstić information content (AvgIpc) is 2.42. The molecule has 7 nitrogen and oxygen atoms in total. The second-order valence-electron chi connectivity index (χ2n) is 5.98. The fourth-order valence-electron chi connectivity index (χ4n) is 2.95. The van der Waals surface area contributed by atoms with Crippen LogP contribution in [0.1, 0.15) is 20.3 Å². The molecule has 21 heavy (non-hydrogen) atoms. The van der Waals surface area contributed by atoms with Crippen LogP contribution in [0, 0.1) is 0 Å². The van der Waals surface area contributed by atoms with E-state index in [0.29, 0.717) is 32.3 Å². The summed E-state index contributed by atoms with van der Waals surface area (Å²) in [4.78, 5) is 27.1. The smallest absolute Gasteiger partial charge is 0.305 e. The molecule has 0 aromatic rings. The van der Waals surface area contributed by atoms with E-state index >= 15 is 0 Å². The summed E-state index contributed by atoms with van der Waals surface area (Å²) in [6.45, 7) is 8.60. The summed E-state index contributed by atoms with van der Waals surface area (Å²) in [5.41, 5.74) is 0. The van der Waals surface area contributed by atoms with Crippen molar-refractivity contribution in [2.45, 2.75) is 38.5 Å². The maximum Gasteiger partial charge on any atom is 0.305 e. The highest BCUT2D eigenvalue weighted by Gasteiger charge is 2.34. The lowest BCUT2D eigenvalue weighted by Gasteiger charge is -2.40. The molecule has 2 N–H and O–H groups in total. The van der Waals surface area contributed by atoms with Gasteiger partial charge in [0.1, 0.15) is 0 Å². The number of carboxylic acids is 1. The van der Waals surface area contributed by atoms with Crippen LogP contribution < -0.4 is 5.32 Å². The van der Waals surface area contributed by atoms with Gasteiger partial charge in [0.15, 0.2) is 0 Å². The second-order valence-corrected chi connectivity index (χ2v) is 5.98. The van der Waals surface area contributed by atoms with Gasteiger partial charge in [-0.1, -0.05) is 0 Å². The molecule has 0 spiro atoms. The second kappa shape index (κ2) is 7.20. The van der Waals surface area contributed by atoms with Crippen LogP contribution in [0.15, 0.2) is 0 Å². The van der Waals surface area contributed by atoms with Crippen LogP contribution in [-0.4, -0.2) is 84.3 Å². The minimum atomic E-state index is -0.949. The number of carbonyl (C=O) groups is 2. The Labute approximate surface area is 125 Å². The summed E-state index contributed by atoms with van der Waals surface area (Å²) in [6.07, 6.45) is -0.129. The largest absolute Gasteiger partial charge is 0.481 e.